The van der Waals surface area contributed by atoms with Crippen LogP contribution in [0.3, 0.4) is 0 Å². The molecule has 2 heteroatoms. The molecule has 0 amide bonds. The Hall–Kier alpha value is -1.41. The van der Waals surface area contributed by atoms with Crippen molar-refractivity contribution in [3.8, 4) is 5.75 Å². The Morgan fingerprint density at radius 1 is 0.812 bits per heavy atom. The molecule has 82 valence electrons. The van der Waals surface area contributed by atoms with E-state index in [0.29, 0.717) is 6.61 Å². The largest absolute Gasteiger partial charge is 0.489 e. The van der Waals surface area contributed by atoms with E-state index in [2.05, 4.69) is 36.9 Å². The standard InChI is InChI=1S/C14H14OS/c16-11-13-8-6-12(7-9-13)10-15-14-4-2-1-3-5-14/h1-9,16H,10-11H2. The lowest BCUT2D eigenvalue weighted by Crippen LogP contribution is -1.95. The number of thiol groups is 1. The van der Waals surface area contributed by atoms with Gasteiger partial charge in [0, 0.05) is 5.75 Å². The van der Waals surface area contributed by atoms with Gasteiger partial charge < -0.3 is 4.74 Å². The summed E-state index contributed by atoms with van der Waals surface area (Å²) in [6.45, 7) is 0.608. The quantitative estimate of drug-likeness (QED) is 0.788. The van der Waals surface area contributed by atoms with E-state index in [0.717, 1.165) is 11.5 Å². The van der Waals surface area contributed by atoms with Crippen molar-refractivity contribution in [2.24, 2.45) is 0 Å². The van der Waals surface area contributed by atoms with E-state index in [1.807, 2.05) is 30.3 Å². The summed E-state index contributed by atoms with van der Waals surface area (Å²) in [6, 6.07) is 18.2. The van der Waals surface area contributed by atoms with Crippen molar-refractivity contribution in [2.75, 3.05) is 0 Å². The van der Waals surface area contributed by atoms with Crippen LogP contribution in [0, 0.1) is 0 Å². The molecule has 0 saturated carbocycles. The van der Waals surface area contributed by atoms with Crippen LogP contribution in [-0.4, -0.2) is 0 Å². The van der Waals surface area contributed by atoms with Crippen molar-refractivity contribution in [1.29, 1.82) is 0 Å². The lowest BCUT2D eigenvalue weighted by atomic mass is 10.2. The minimum Gasteiger partial charge on any atom is -0.489 e. The highest BCUT2D eigenvalue weighted by Gasteiger charge is 1.95. The molecule has 0 bridgehead atoms. The van der Waals surface area contributed by atoms with Crippen molar-refractivity contribution in [3.63, 3.8) is 0 Å². The fraction of sp³-hybridized carbons (Fsp3) is 0.143. The molecule has 2 rings (SSSR count). The second-order valence-electron chi connectivity index (χ2n) is 3.58. The molecule has 0 fully saturated rings. The van der Waals surface area contributed by atoms with E-state index in [9.17, 15) is 0 Å². The SMILES string of the molecule is SCc1ccc(COc2ccccc2)cc1. The van der Waals surface area contributed by atoms with E-state index < -0.39 is 0 Å². The first kappa shape index (κ1) is 11.1. The summed E-state index contributed by atoms with van der Waals surface area (Å²) in [5.74, 6) is 1.68. The average Bonchev–Trinajstić information content (AvgIpc) is 2.38. The summed E-state index contributed by atoms with van der Waals surface area (Å²) in [6.07, 6.45) is 0. The van der Waals surface area contributed by atoms with E-state index in [1.165, 1.54) is 11.1 Å². The molecule has 0 heterocycles. The van der Waals surface area contributed by atoms with Crippen LogP contribution in [0.15, 0.2) is 54.6 Å². The van der Waals surface area contributed by atoms with Gasteiger partial charge in [-0.2, -0.15) is 12.6 Å². The van der Waals surface area contributed by atoms with E-state index in [1.54, 1.807) is 0 Å². The number of rotatable bonds is 4. The van der Waals surface area contributed by atoms with Crippen molar-refractivity contribution < 1.29 is 4.74 Å². The van der Waals surface area contributed by atoms with Crippen molar-refractivity contribution >= 4 is 12.6 Å². The number of benzene rings is 2. The summed E-state index contributed by atoms with van der Waals surface area (Å²) < 4.78 is 5.65. The first-order chi connectivity index (χ1) is 7.88. The number of hydrogen-bond acceptors (Lipinski definition) is 2. The van der Waals surface area contributed by atoms with E-state index >= 15 is 0 Å². The molecule has 2 aromatic carbocycles. The molecule has 0 spiro atoms. The summed E-state index contributed by atoms with van der Waals surface area (Å²) >= 11 is 4.22. The summed E-state index contributed by atoms with van der Waals surface area (Å²) in [4.78, 5) is 0. The van der Waals surface area contributed by atoms with Gasteiger partial charge in [-0.25, -0.2) is 0 Å². The van der Waals surface area contributed by atoms with Gasteiger partial charge in [0.05, 0.1) is 0 Å². The first-order valence-electron chi connectivity index (χ1n) is 5.25. The number of hydrogen-bond donors (Lipinski definition) is 1. The molecule has 16 heavy (non-hydrogen) atoms. The molecule has 0 atom stereocenters. The minimum atomic E-state index is 0.608. The molecule has 0 saturated heterocycles. The zero-order valence-corrected chi connectivity index (χ0v) is 9.86. The van der Waals surface area contributed by atoms with Crippen LogP contribution in [0.5, 0.6) is 5.75 Å². The second-order valence-corrected chi connectivity index (χ2v) is 3.89. The Morgan fingerprint density at radius 2 is 1.44 bits per heavy atom. The molecule has 2 aromatic rings. The zero-order chi connectivity index (χ0) is 11.2. The predicted molar refractivity (Wildman–Crippen MR) is 69.9 cm³/mol. The second kappa shape index (κ2) is 5.61. The molecular weight excluding hydrogens is 216 g/mol. The van der Waals surface area contributed by atoms with Gasteiger partial charge in [-0.05, 0) is 23.3 Å². The Kier molecular flexibility index (Phi) is 3.89. The van der Waals surface area contributed by atoms with Gasteiger partial charge in [0.2, 0.25) is 0 Å². The van der Waals surface area contributed by atoms with Crippen molar-refractivity contribution in [2.45, 2.75) is 12.4 Å². The first-order valence-corrected chi connectivity index (χ1v) is 5.88. The predicted octanol–water partition coefficient (Wildman–Crippen LogP) is 3.70. The van der Waals surface area contributed by atoms with Crippen LogP contribution in [-0.2, 0) is 12.4 Å². The van der Waals surface area contributed by atoms with Gasteiger partial charge in [-0.15, -0.1) is 0 Å². The highest BCUT2D eigenvalue weighted by molar-refractivity contribution is 7.79. The van der Waals surface area contributed by atoms with Gasteiger partial charge in [-0.1, -0.05) is 42.5 Å². The Morgan fingerprint density at radius 3 is 2.06 bits per heavy atom. The van der Waals surface area contributed by atoms with Crippen molar-refractivity contribution in [1.82, 2.24) is 0 Å². The Bertz CT molecular complexity index is 422. The van der Waals surface area contributed by atoms with Crippen LogP contribution < -0.4 is 4.74 Å². The summed E-state index contributed by atoms with van der Waals surface area (Å²) in [7, 11) is 0. The third-order valence-corrected chi connectivity index (χ3v) is 2.72. The molecule has 0 aliphatic carbocycles. The fourth-order valence-corrected chi connectivity index (χ4v) is 1.64. The smallest absolute Gasteiger partial charge is 0.119 e. The maximum atomic E-state index is 5.65. The van der Waals surface area contributed by atoms with Gasteiger partial charge in [0.25, 0.3) is 0 Å². The topological polar surface area (TPSA) is 9.23 Å². The summed E-state index contributed by atoms with van der Waals surface area (Å²) in [5, 5.41) is 0. The molecule has 0 radical (unpaired) electrons. The van der Waals surface area contributed by atoms with Gasteiger partial charge in [0.1, 0.15) is 12.4 Å². The molecule has 0 N–H and O–H groups in total. The fourth-order valence-electron chi connectivity index (χ4n) is 1.42. The van der Waals surface area contributed by atoms with Crippen LogP contribution >= 0.6 is 12.6 Å². The van der Waals surface area contributed by atoms with Crippen LogP contribution in [0.4, 0.5) is 0 Å². The van der Waals surface area contributed by atoms with Gasteiger partial charge >= 0.3 is 0 Å². The van der Waals surface area contributed by atoms with Crippen LogP contribution in [0.2, 0.25) is 0 Å². The zero-order valence-electron chi connectivity index (χ0n) is 8.97. The molecule has 1 nitrogen and oxygen atoms in total. The normalized spacial score (nSPS) is 10.1. The lowest BCUT2D eigenvalue weighted by molar-refractivity contribution is 0.306. The van der Waals surface area contributed by atoms with Crippen LogP contribution in [0.25, 0.3) is 0 Å². The molecule has 0 aromatic heterocycles. The minimum absolute atomic E-state index is 0.608. The van der Waals surface area contributed by atoms with E-state index in [-0.39, 0.29) is 0 Å². The average molecular weight is 230 g/mol. The third-order valence-electron chi connectivity index (χ3n) is 2.35. The third kappa shape index (κ3) is 3.04. The maximum Gasteiger partial charge on any atom is 0.119 e. The Balaban J connectivity index is 1.94. The Labute approximate surface area is 101 Å². The molecular formula is C14H14OS. The highest BCUT2D eigenvalue weighted by Crippen LogP contribution is 2.12. The number of ether oxygens (including phenoxy) is 1. The summed E-state index contributed by atoms with van der Waals surface area (Å²) in [5.41, 5.74) is 2.40. The van der Waals surface area contributed by atoms with Crippen molar-refractivity contribution in [3.05, 3.63) is 65.7 Å². The van der Waals surface area contributed by atoms with Gasteiger partial charge in [-0.3, -0.25) is 0 Å². The maximum absolute atomic E-state index is 5.65. The monoisotopic (exact) mass is 230 g/mol. The lowest BCUT2D eigenvalue weighted by Gasteiger charge is -2.06. The molecule has 0 unspecified atom stereocenters. The molecule has 0 aliphatic rings. The number of para-hydroxylation sites is 1. The van der Waals surface area contributed by atoms with Gasteiger partial charge in [0.15, 0.2) is 0 Å². The van der Waals surface area contributed by atoms with E-state index in [4.69, 9.17) is 4.74 Å². The molecule has 0 aliphatic heterocycles. The highest BCUT2D eigenvalue weighted by atomic mass is 32.1. The van der Waals surface area contributed by atoms with Crippen LogP contribution in [0.1, 0.15) is 11.1 Å².